The third-order valence-electron chi connectivity index (χ3n) is 2.37. The number of ether oxygens (including phenoxy) is 1. The zero-order valence-corrected chi connectivity index (χ0v) is 12.1. The summed E-state index contributed by atoms with van der Waals surface area (Å²) in [6.07, 6.45) is 0.341. The van der Waals surface area contributed by atoms with Crippen LogP contribution in [0.3, 0.4) is 0 Å². The van der Waals surface area contributed by atoms with E-state index in [-0.39, 0.29) is 0 Å². The number of esters is 1. The lowest BCUT2D eigenvalue weighted by Crippen LogP contribution is -2.45. The summed E-state index contributed by atoms with van der Waals surface area (Å²) < 4.78 is 5.11. The van der Waals surface area contributed by atoms with Crippen LogP contribution in [0.15, 0.2) is 17.5 Å². The fraction of sp³-hybridized carbons (Fsp3) is 0.538. The minimum absolute atomic E-state index is 0.341. The molecule has 0 aliphatic carbocycles. The molecule has 1 rings (SSSR count). The monoisotopic (exact) mass is 285 g/mol. The molecule has 6 heteroatoms. The van der Waals surface area contributed by atoms with Crippen LogP contribution in [0.1, 0.15) is 25.6 Å². The van der Waals surface area contributed by atoms with Gasteiger partial charge in [-0.2, -0.15) is 0 Å². The Morgan fingerprint density at radius 1 is 1.47 bits per heavy atom. The van der Waals surface area contributed by atoms with Crippen LogP contribution in [0, 0.1) is 5.92 Å². The molecule has 0 bridgehead atoms. The van der Waals surface area contributed by atoms with Gasteiger partial charge in [-0.1, -0.05) is 6.07 Å². The van der Waals surface area contributed by atoms with E-state index < -0.39 is 29.5 Å². The zero-order chi connectivity index (χ0) is 14.6. The molecule has 0 radical (unpaired) electrons. The van der Waals surface area contributed by atoms with Gasteiger partial charge in [0.05, 0.1) is 0 Å². The molecule has 19 heavy (non-hydrogen) atoms. The van der Waals surface area contributed by atoms with E-state index in [0.717, 1.165) is 4.88 Å². The maximum Gasteiger partial charge on any atom is 0.322 e. The third-order valence-corrected chi connectivity index (χ3v) is 3.27. The highest BCUT2D eigenvalue weighted by atomic mass is 32.1. The Kier molecular flexibility index (Phi) is 5.08. The summed E-state index contributed by atoms with van der Waals surface area (Å²) in [6.45, 7) is 5.07. The number of nitrogens with two attached hydrogens (primary N) is 1. The van der Waals surface area contributed by atoms with Crippen molar-refractivity contribution in [1.29, 1.82) is 0 Å². The van der Waals surface area contributed by atoms with Crippen molar-refractivity contribution in [3.05, 3.63) is 22.4 Å². The fourth-order valence-corrected chi connectivity index (χ4v) is 2.38. The molecule has 106 valence electrons. The van der Waals surface area contributed by atoms with E-state index in [9.17, 15) is 9.59 Å². The van der Waals surface area contributed by atoms with Crippen molar-refractivity contribution in [2.75, 3.05) is 0 Å². The average molecular weight is 285 g/mol. The van der Waals surface area contributed by atoms with Crippen LogP contribution in [-0.4, -0.2) is 28.7 Å². The lowest BCUT2D eigenvalue weighted by Gasteiger charge is -2.24. The number of rotatable bonds is 5. The maximum atomic E-state index is 11.9. The first kappa shape index (κ1) is 15.7. The van der Waals surface area contributed by atoms with Gasteiger partial charge in [0.2, 0.25) is 0 Å². The second-order valence-electron chi connectivity index (χ2n) is 5.30. The van der Waals surface area contributed by atoms with Crippen molar-refractivity contribution in [2.24, 2.45) is 11.7 Å². The number of hydrogen-bond donors (Lipinski definition) is 2. The van der Waals surface area contributed by atoms with Crippen molar-refractivity contribution < 1.29 is 19.4 Å². The average Bonchev–Trinajstić information content (AvgIpc) is 2.66. The Bertz CT molecular complexity index is 436. The van der Waals surface area contributed by atoms with Crippen molar-refractivity contribution in [3.8, 4) is 0 Å². The van der Waals surface area contributed by atoms with Gasteiger partial charge in [-0.3, -0.25) is 9.59 Å². The minimum Gasteiger partial charge on any atom is -0.481 e. The standard InChI is InChI=1S/C13H19NO4S/c1-13(2,3)18-12(17)10(11(15)16)9(14)7-8-5-4-6-19-8/h4-6,9-10H,7,14H2,1-3H3,(H,15,16)/t9?,10-/m1/s1. The molecule has 2 atom stereocenters. The van der Waals surface area contributed by atoms with Crippen LogP contribution in [-0.2, 0) is 20.7 Å². The molecule has 0 amide bonds. The topological polar surface area (TPSA) is 89.6 Å². The number of carboxylic acids is 1. The van der Waals surface area contributed by atoms with E-state index in [1.807, 2.05) is 17.5 Å². The third kappa shape index (κ3) is 5.00. The van der Waals surface area contributed by atoms with E-state index in [4.69, 9.17) is 15.6 Å². The van der Waals surface area contributed by atoms with E-state index in [1.54, 1.807) is 20.8 Å². The molecule has 0 saturated carbocycles. The number of aliphatic carboxylic acids is 1. The predicted octanol–water partition coefficient (Wildman–Crippen LogP) is 1.66. The van der Waals surface area contributed by atoms with E-state index in [2.05, 4.69) is 0 Å². The smallest absolute Gasteiger partial charge is 0.322 e. The summed E-state index contributed by atoms with van der Waals surface area (Å²) in [5, 5.41) is 11.0. The molecule has 0 spiro atoms. The highest BCUT2D eigenvalue weighted by Gasteiger charge is 2.36. The van der Waals surface area contributed by atoms with Gasteiger partial charge in [-0.25, -0.2) is 0 Å². The molecule has 0 aliphatic heterocycles. The first-order valence-electron chi connectivity index (χ1n) is 5.94. The summed E-state index contributed by atoms with van der Waals surface area (Å²) in [6, 6.07) is 2.92. The van der Waals surface area contributed by atoms with Gasteiger partial charge in [0.25, 0.3) is 0 Å². The molecule has 0 saturated heterocycles. The number of carbonyl (C=O) groups is 2. The first-order chi connectivity index (χ1) is 8.70. The molecule has 1 aromatic rings. The second kappa shape index (κ2) is 6.16. The summed E-state index contributed by atoms with van der Waals surface area (Å²) in [5.41, 5.74) is 5.13. The summed E-state index contributed by atoms with van der Waals surface area (Å²) >= 11 is 1.48. The molecule has 0 aromatic carbocycles. The number of hydrogen-bond acceptors (Lipinski definition) is 5. The molecular weight excluding hydrogens is 266 g/mol. The lowest BCUT2D eigenvalue weighted by atomic mass is 9.97. The van der Waals surface area contributed by atoms with Gasteiger partial charge in [-0.05, 0) is 38.6 Å². The Morgan fingerprint density at radius 2 is 2.11 bits per heavy atom. The normalized spacial score (nSPS) is 14.7. The zero-order valence-electron chi connectivity index (χ0n) is 11.3. The lowest BCUT2D eigenvalue weighted by molar-refractivity contribution is -0.167. The second-order valence-corrected chi connectivity index (χ2v) is 6.33. The summed E-state index contributed by atoms with van der Waals surface area (Å²) in [7, 11) is 0. The Balaban J connectivity index is 2.76. The fourth-order valence-electron chi connectivity index (χ4n) is 1.60. The molecule has 5 nitrogen and oxygen atoms in total. The van der Waals surface area contributed by atoms with Gasteiger partial charge in [-0.15, -0.1) is 11.3 Å². The number of thiophene rings is 1. The van der Waals surface area contributed by atoms with Crippen molar-refractivity contribution in [1.82, 2.24) is 0 Å². The van der Waals surface area contributed by atoms with Crippen LogP contribution >= 0.6 is 11.3 Å². The SMILES string of the molecule is CC(C)(C)OC(=O)[C@@H](C(=O)O)C(N)Cc1cccs1. The van der Waals surface area contributed by atoms with Crippen molar-refractivity contribution in [3.63, 3.8) is 0 Å². The largest absolute Gasteiger partial charge is 0.481 e. The Hall–Kier alpha value is -1.40. The minimum atomic E-state index is -1.35. The van der Waals surface area contributed by atoms with Gasteiger partial charge in [0.1, 0.15) is 5.60 Å². The van der Waals surface area contributed by atoms with Crippen LogP contribution < -0.4 is 5.73 Å². The van der Waals surface area contributed by atoms with Gasteiger partial charge in [0, 0.05) is 10.9 Å². The van der Waals surface area contributed by atoms with Gasteiger partial charge >= 0.3 is 11.9 Å². The molecule has 1 aromatic heterocycles. The van der Waals surface area contributed by atoms with Crippen LogP contribution in [0.4, 0.5) is 0 Å². The first-order valence-corrected chi connectivity index (χ1v) is 6.82. The molecule has 1 heterocycles. The molecule has 0 fully saturated rings. The quantitative estimate of drug-likeness (QED) is 0.634. The van der Waals surface area contributed by atoms with Gasteiger partial charge < -0.3 is 15.6 Å². The predicted molar refractivity (Wildman–Crippen MR) is 73.0 cm³/mol. The van der Waals surface area contributed by atoms with Crippen LogP contribution in [0.25, 0.3) is 0 Å². The van der Waals surface area contributed by atoms with Crippen molar-refractivity contribution in [2.45, 2.75) is 38.8 Å². The van der Waals surface area contributed by atoms with E-state index in [1.165, 1.54) is 11.3 Å². The molecule has 1 unspecified atom stereocenters. The van der Waals surface area contributed by atoms with Crippen LogP contribution in [0.2, 0.25) is 0 Å². The Labute approximate surface area is 116 Å². The molecule has 3 N–H and O–H groups in total. The molecule has 0 aliphatic rings. The Morgan fingerprint density at radius 3 is 2.53 bits per heavy atom. The highest BCUT2D eigenvalue weighted by molar-refractivity contribution is 7.09. The van der Waals surface area contributed by atoms with Gasteiger partial charge in [0.15, 0.2) is 5.92 Å². The van der Waals surface area contributed by atoms with Crippen molar-refractivity contribution >= 4 is 23.3 Å². The maximum absolute atomic E-state index is 11.9. The number of carbonyl (C=O) groups excluding carboxylic acids is 1. The molecular formula is C13H19NO4S. The van der Waals surface area contributed by atoms with E-state index in [0.29, 0.717) is 6.42 Å². The highest BCUT2D eigenvalue weighted by Crippen LogP contribution is 2.18. The van der Waals surface area contributed by atoms with Crippen LogP contribution in [0.5, 0.6) is 0 Å². The summed E-state index contributed by atoms with van der Waals surface area (Å²) in [5.74, 6) is -3.39. The number of carboxylic acid groups (broad SMARTS) is 1. The summed E-state index contributed by atoms with van der Waals surface area (Å²) in [4.78, 5) is 24.1. The van der Waals surface area contributed by atoms with E-state index >= 15 is 0 Å².